The molecule has 0 aliphatic rings. The Bertz CT molecular complexity index is 3090. The van der Waals surface area contributed by atoms with Gasteiger partial charge in [-0.05, 0) is 99.1 Å². The molecule has 0 aliphatic carbocycles. The lowest BCUT2D eigenvalue weighted by atomic mass is 9.90. The maximum absolute atomic E-state index is 2.37. The minimum atomic E-state index is 1.16. The van der Waals surface area contributed by atoms with Crippen molar-refractivity contribution in [1.29, 1.82) is 0 Å². The van der Waals surface area contributed by atoms with Crippen LogP contribution in [0.1, 0.15) is 0 Å². The van der Waals surface area contributed by atoms with E-state index >= 15 is 0 Å². The summed E-state index contributed by atoms with van der Waals surface area (Å²) in [5.74, 6) is 0. The number of hydrogen-bond acceptors (Lipinski definition) is 0. The van der Waals surface area contributed by atoms with Crippen LogP contribution >= 0.6 is 0 Å². The van der Waals surface area contributed by atoms with Crippen molar-refractivity contribution in [3.63, 3.8) is 0 Å². The first kappa shape index (κ1) is 32.0. The molecule has 0 spiro atoms. The van der Waals surface area contributed by atoms with Crippen LogP contribution in [0.25, 0.3) is 99.5 Å². The molecule has 2 heterocycles. The van der Waals surface area contributed by atoms with Gasteiger partial charge in [-0.1, -0.05) is 164 Å². The molecule has 11 rings (SSSR count). The minimum absolute atomic E-state index is 1.16. The van der Waals surface area contributed by atoms with Crippen molar-refractivity contribution in [2.75, 3.05) is 0 Å². The molecule has 9 aromatic carbocycles. The first-order valence-electron chi connectivity index (χ1n) is 19.3. The Hall–Kier alpha value is -7.42. The second-order valence-corrected chi connectivity index (χ2v) is 14.5. The van der Waals surface area contributed by atoms with Gasteiger partial charge in [-0.25, -0.2) is 0 Å². The van der Waals surface area contributed by atoms with Gasteiger partial charge in [0.1, 0.15) is 0 Å². The number of rotatable bonds is 6. The number of hydrogen-bond donors (Lipinski definition) is 0. The molecule has 2 nitrogen and oxygen atoms in total. The predicted molar refractivity (Wildman–Crippen MR) is 237 cm³/mol. The molecule has 0 atom stereocenters. The summed E-state index contributed by atoms with van der Waals surface area (Å²) in [6, 6.07) is 79.3. The summed E-state index contributed by atoms with van der Waals surface area (Å²) in [4.78, 5) is 0. The maximum Gasteiger partial charge on any atom is 0.0541 e. The van der Waals surface area contributed by atoms with E-state index in [1.54, 1.807) is 0 Å². The lowest BCUT2D eigenvalue weighted by molar-refractivity contribution is 1.18. The molecule has 0 aliphatic heterocycles. The summed E-state index contributed by atoms with van der Waals surface area (Å²) < 4.78 is 4.74. The van der Waals surface area contributed by atoms with E-state index in [-0.39, 0.29) is 0 Å². The Balaban J connectivity index is 0.922. The van der Waals surface area contributed by atoms with Crippen LogP contribution in [-0.2, 0) is 0 Å². The van der Waals surface area contributed by atoms with E-state index in [0.29, 0.717) is 0 Å². The van der Waals surface area contributed by atoms with Crippen molar-refractivity contribution in [3.8, 4) is 55.9 Å². The largest absolute Gasteiger partial charge is 0.309 e. The molecule has 2 heteroatoms. The van der Waals surface area contributed by atoms with Crippen LogP contribution in [0.5, 0.6) is 0 Å². The molecular weight excluding hydrogens is 677 g/mol. The van der Waals surface area contributed by atoms with Gasteiger partial charge >= 0.3 is 0 Å². The average molecular weight is 713 g/mol. The van der Waals surface area contributed by atoms with E-state index in [9.17, 15) is 0 Å². The molecule has 56 heavy (non-hydrogen) atoms. The van der Waals surface area contributed by atoms with Crippen molar-refractivity contribution in [2.45, 2.75) is 0 Å². The number of para-hydroxylation sites is 4. The molecule has 0 bridgehead atoms. The highest BCUT2D eigenvalue weighted by molar-refractivity contribution is 6.10. The summed E-state index contributed by atoms with van der Waals surface area (Å²) in [6.45, 7) is 0. The van der Waals surface area contributed by atoms with Gasteiger partial charge in [-0.2, -0.15) is 0 Å². The molecule has 11 aromatic rings. The van der Waals surface area contributed by atoms with Crippen LogP contribution in [0.4, 0.5) is 0 Å². The van der Waals surface area contributed by atoms with Crippen molar-refractivity contribution < 1.29 is 0 Å². The van der Waals surface area contributed by atoms with E-state index < -0.39 is 0 Å². The van der Waals surface area contributed by atoms with Gasteiger partial charge in [0.2, 0.25) is 0 Å². The first-order chi connectivity index (χ1) is 27.8. The van der Waals surface area contributed by atoms with Crippen molar-refractivity contribution in [1.82, 2.24) is 9.13 Å². The van der Waals surface area contributed by atoms with Gasteiger partial charge in [0.05, 0.1) is 22.1 Å². The van der Waals surface area contributed by atoms with Gasteiger partial charge in [-0.3, -0.25) is 0 Å². The Kier molecular flexibility index (Phi) is 7.53. The molecule has 0 amide bonds. The topological polar surface area (TPSA) is 9.86 Å². The predicted octanol–water partition coefficient (Wildman–Crippen LogP) is 14.5. The summed E-state index contributed by atoms with van der Waals surface area (Å²) >= 11 is 0. The molecule has 0 N–H and O–H groups in total. The third kappa shape index (κ3) is 5.26. The van der Waals surface area contributed by atoms with Crippen molar-refractivity contribution in [3.05, 3.63) is 218 Å². The average Bonchev–Trinajstić information content (AvgIpc) is 3.80. The fraction of sp³-hybridized carbons (Fsp3) is 0. The molecule has 0 saturated heterocycles. The Morgan fingerprint density at radius 2 is 0.536 bits per heavy atom. The van der Waals surface area contributed by atoms with Crippen LogP contribution in [0.2, 0.25) is 0 Å². The fourth-order valence-electron chi connectivity index (χ4n) is 8.68. The van der Waals surface area contributed by atoms with Gasteiger partial charge in [0.15, 0.2) is 0 Å². The standard InChI is InChI=1S/C54H36N2/c1-2-12-40(13-3-1)50-36-42(39-28-33-44(34-29-39)56-53-20-10-6-16-48(53)49-17-7-11-21-54(49)56)30-35-45(50)41-24-22-37(23-25-41)38-26-31-43(32-27-38)55-51-18-8-4-14-46(51)47-15-5-9-19-52(47)55/h1-36H. The summed E-state index contributed by atoms with van der Waals surface area (Å²) in [7, 11) is 0. The second-order valence-electron chi connectivity index (χ2n) is 14.5. The molecular formula is C54H36N2. The molecule has 0 saturated carbocycles. The molecule has 2 aromatic heterocycles. The van der Waals surface area contributed by atoms with Crippen molar-refractivity contribution >= 4 is 43.6 Å². The van der Waals surface area contributed by atoms with Crippen LogP contribution in [0.15, 0.2) is 218 Å². The number of benzene rings is 9. The van der Waals surface area contributed by atoms with E-state index in [0.717, 1.165) is 11.4 Å². The normalized spacial score (nSPS) is 11.6. The molecule has 262 valence electrons. The quantitative estimate of drug-likeness (QED) is 0.162. The van der Waals surface area contributed by atoms with E-state index in [1.165, 1.54) is 88.1 Å². The SMILES string of the molecule is c1ccc(-c2cc(-c3ccc(-n4c5ccccc5c5ccccc54)cc3)ccc2-c2ccc(-c3ccc(-n4c5ccccc5c5ccccc54)cc3)cc2)cc1. The van der Waals surface area contributed by atoms with Crippen molar-refractivity contribution in [2.24, 2.45) is 0 Å². The Morgan fingerprint density at radius 1 is 0.214 bits per heavy atom. The van der Waals surface area contributed by atoms with E-state index in [2.05, 4.69) is 228 Å². The first-order valence-corrected chi connectivity index (χ1v) is 19.3. The summed E-state index contributed by atoms with van der Waals surface area (Å²) in [5.41, 5.74) is 16.8. The molecule has 0 unspecified atom stereocenters. The van der Waals surface area contributed by atoms with Crippen LogP contribution in [0, 0.1) is 0 Å². The van der Waals surface area contributed by atoms with Gasteiger partial charge in [0, 0.05) is 32.9 Å². The fourth-order valence-corrected chi connectivity index (χ4v) is 8.68. The smallest absolute Gasteiger partial charge is 0.0541 e. The summed E-state index contributed by atoms with van der Waals surface area (Å²) in [6.07, 6.45) is 0. The monoisotopic (exact) mass is 712 g/mol. The highest BCUT2D eigenvalue weighted by Gasteiger charge is 2.15. The zero-order valence-electron chi connectivity index (χ0n) is 30.7. The molecule has 0 radical (unpaired) electrons. The number of nitrogens with zero attached hydrogens (tertiary/aromatic N) is 2. The van der Waals surface area contributed by atoms with Gasteiger partial charge < -0.3 is 9.13 Å². The van der Waals surface area contributed by atoms with E-state index in [4.69, 9.17) is 0 Å². The lowest BCUT2D eigenvalue weighted by Crippen LogP contribution is -1.94. The Labute approximate surface area is 325 Å². The number of fused-ring (bicyclic) bond motifs is 6. The summed E-state index contributed by atoms with van der Waals surface area (Å²) in [5, 5.41) is 5.10. The zero-order chi connectivity index (χ0) is 37.0. The minimum Gasteiger partial charge on any atom is -0.309 e. The maximum atomic E-state index is 2.37. The third-order valence-electron chi connectivity index (χ3n) is 11.4. The zero-order valence-corrected chi connectivity index (χ0v) is 30.7. The second kappa shape index (κ2) is 13.2. The van der Waals surface area contributed by atoms with Crippen LogP contribution in [0.3, 0.4) is 0 Å². The van der Waals surface area contributed by atoms with Gasteiger partial charge in [0.25, 0.3) is 0 Å². The van der Waals surface area contributed by atoms with Crippen LogP contribution in [-0.4, -0.2) is 9.13 Å². The highest BCUT2D eigenvalue weighted by atomic mass is 15.0. The van der Waals surface area contributed by atoms with E-state index in [1.807, 2.05) is 0 Å². The number of aromatic nitrogens is 2. The third-order valence-corrected chi connectivity index (χ3v) is 11.4. The van der Waals surface area contributed by atoms with Gasteiger partial charge in [-0.15, -0.1) is 0 Å². The lowest BCUT2D eigenvalue weighted by Gasteiger charge is -2.15. The highest BCUT2D eigenvalue weighted by Crippen LogP contribution is 2.38. The molecule has 0 fully saturated rings. The Morgan fingerprint density at radius 3 is 0.982 bits per heavy atom. The van der Waals surface area contributed by atoms with Crippen LogP contribution < -0.4 is 0 Å².